The van der Waals surface area contributed by atoms with E-state index >= 15 is 0 Å². The van der Waals surface area contributed by atoms with E-state index in [-0.39, 0.29) is 0 Å². The lowest BCUT2D eigenvalue weighted by Gasteiger charge is -2.55. The van der Waals surface area contributed by atoms with Crippen molar-refractivity contribution in [3.63, 3.8) is 0 Å². The molecule has 0 radical (unpaired) electrons. The summed E-state index contributed by atoms with van der Waals surface area (Å²) in [7, 11) is 2.29. The summed E-state index contributed by atoms with van der Waals surface area (Å²) in [5.74, 6) is 0. The summed E-state index contributed by atoms with van der Waals surface area (Å²) in [5, 5.41) is 0. The predicted molar refractivity (Wildman–Crippen MR) is 81.1 cm³/mol. The van der Waals surface area contributed by atoms with E-state index in [1.807, 2.05) is 0 Å². The lowest BCUT2D eigenvalue weighted by atomic mass is 9.77. The molecule has 0 aromatic carbocycles. The summed E-state index contributed by atoms with van der Waals surface area (Å²) in [4.78, 5) is 5.28. The van der Waals surface area contributed by atoms with Crippen LogP contribution in [0.25, 0.3) is 0 Å². The van der Waals surface area contributed by atoms with Gasteiger partial charge >= 0.3 is 0 Å². The van der Waals surface area contributed by atoms with Crippen molar-refractivity contribution in [2.24, 2.45) is 0 Å². The molecule has 2 heteroatoms. The van der Waals surface area contributed by atoms with Gasteiger partial charge in [-0.05, 0) is 67.1 Å². The Bertz CT molecular complexity index is 240. The van der Waals surface area contributed by atoms with E-state index in [0.29, 0.717) is 11.1 Å². The highest BCUT2D eigenvalue weighted by Gasteiger charge is 2.44. The molecule has 0 saturated carbocycles. The normalized spacial score (nSPS) is 24.7. The van der Waals surface area contributed by atoms with Gasteiger partial charge in [-0.2, -0.15) is 0 Å². The second kappa shape index (κ2) is 5.92. The van der Waals surface area contributed by atoms with Gasteiger partial charge in [0.25, 0.3) is 0 Å². The molecular formula is C16H34N2. The molecule has 0 aromatic heterocycles. The molecule has 0 aromatic rings. The van der Waals surface area contributed by atoms with Crippen molar-refractivity contribution in [2.75, 3.05) is 20.1 Å². The molecule has 1 heterocycles. The van der Waals surface area contributed by atoms with Gasteiger partial charge < -0.3 is 4.90 Å². The van der Waals surface area contributed by atoms with Gasteiger partial charge in [0.2, 0.25) is 0 Å². The maximum Gasteiger partial charge on any atom is 0.0170 e. The van der Waals surface area contributed by atoms with Crippen LogP contribution in [0.5, 0.6) is 0 Å². The van der Waals surface area contributed by atoms with Gasteiger partial charge in [-0.1, -0.05) is 20.3 Å². The number of hydrogen-bond acceptors (Lipinski definition) is 2. The largest absolute Gasteiger partial charge is 0.301 e. The van der Waals surface area contributed by atoms with Gasteiger partial charge in [-0.3, -0.25) is 4.90 Å². The average Bonchev–Trinajstić information content (AvgIpc) is 2.26. The summed E-state index contributed by atoms with van der Waals surface area (Å²) in [6.45, 7) is 16.7. The highest BCUT2D eigenvalue weighted by Crippen LogP contribution is 2.38. The first-order chi connectivity index (χ1) is 8.24. The first-order valence-corrected chi connectivity index (χ1v) is 7.72. The monoisotopic (exact) mass is 254 g/mol. The molecule has 0 unspecified atom stereocenters. The second-order valence-corrected chi connectivity index (χ2v) is 7.23. The van der Waals surface area contributed by atoms with Crippen LogP contribution in [0, 0.1) is 0 Å². The Kier molecular flexibility index (Phi) is 5.25. The Balaban J connectivity index is 2.78. The lowest BCUT2D eigenvalue weighted by Crippen LogP contribution is -2.62. The summed E-state index contributed by atoms with van der Waals surface area (Å²) in [6.07, 6.45) is 5.23. The van der Waals surface area contributed by atoms with Gasteiger partial charge in [-0.25, -0.2) is 0 Å². The molecule has 1 aliphatic rings. The van der Waals surface area contributed by atoms with Crippen molar-refractivity contribution in [1.29, 1.82) is 0 Å². The standard InChI is InChI=1S/C16H34N2/c1-8-10-11-18(9-2)14-12-15(3,4)17(7)16(5,6)13-14/h14H,8-13H2,1-7H3. The number of rotatable bonds is 5. The van der Waals surface area contributed by atoms with Crippen molar-refractivity contribution < 1.29 is 0 Å². The van der Waals surface area contributed by atoms with E-state index in [9.17, 15) is 0 Å². The maximum atomic E-state index is 2.71. The molecule has 1 rings (SSSR count). The van der Waals surface area contributed by atoms with Crippen molar-refractivity contribution >= 4 is 0 Å². The zero-order chi connectivity index (χ0) is 14.0. The van der Waals surface area contributed by atoms with Gasteiger partial charge in [0, 0.05) is 17.1 Å². The average molecular weight is 254 g/mol. The zero-order valence-corrected chi connectivity index (χ0v) is 13.7. The van der Waals surface area contributed by atoms with Crippen LogP contribution in [0.2, 0.25) is 0 Å². The van der Waals surface area contributed by atoms with Gasteiger partial charge in [0.1, 0.15) is 0 Å². The van der Waals surface area contributed by atoms with E-state index in [1.54, 1.807) is 0 Å². The predicted octanol–water partition coefficient (Wildman–Crippen LogP) is 3.76. The molecule has 0 N–H and O–H groups in total. The Labute approximate surface area is 115 Å². The molecule has 108 valence electrons. The molecule has 18 heavy (non-hydrogen) atoms. The van der Waals surface area contributed by atoms with Crippen LogP contribution in [0.15, 0.2) is 0 Å². The van der Waals surface area contributed by atoms with E-state index in [2.05, 4.69) is 58.4 Å². The van der Waals surface area contributed by atoms with Crippen molar-refractivity contribution in [2.45, 2.75) is 84.3 Å². The quantitative estimate of drug-likeness (QED) is 0.737. The fourth-order valence-corrected chi connectivity index (χ4v) is 3.54. The topological polar surface area (TPSA) is 6.48 Å². The lowest BCUT2D eigenvalue weighted by molar-refractivity contribution is -0.0467. The van der Waals surface area contributed by atoms with Gasteiger partial charge in [0.15, 0.2) is 0 Å². The fraction of sp³-hybridized carbons (Fsp3) is 1.00. The fourth-order valence-electron chi connectivity index (χ4n) is 3.54. The Morgan fingerprint density at radius 2 is 1.56 bits per heavy atom. The molecular weight excluding hydrogens is 220 g/mol. The Hall–Kier alpha value is -0.0800. The van der Waals surface area contributed by atoms with E-state index in [1.165, 1.54) is 38.8 Å². The first kappa shape index (κ1) is 16.0. The molecule has 0 bridgehead atoms. The van der Waals surface area contributed by atoms with Crippen LogP contribution >= 0.6 is 0 Å². The molecule has 1 aliphatic heterocycles. The molecule has 2 nitrogen and oxygen atoms in total. The van der Waals surface area contributed by atoms with Crippen LogP contribution < -0.4 is 0 Å². The summed E-state index contributed by atoms with van der Waals surface area (Å²) in [5.41, 5.74) is 0.623. The van der Waals surface area contributed by atoms with Crippen LogP contribution in [0.1, 0.15) is 67.2 Å². The van der Waals surface area contributed by atoms with Crippen LogP contribution in [-0.2, 0) is 0 Å². The third kappa shape index (κ3) is 3.48. The molecule has 0 amide bonds. The molecule has 0 spiro atoms. The highest BCUT2D eigenvalue weighted by atomic mass is 15.3. The van der Waals surface area contributed by atoms with Crippen LogP contribution in [0.4, 0.5) is 0 Å². The van der Waals surface area contributed by atoms with Crippen molar-refractivity contribution in [1.82, 2.24) is 9.80 Å². The third-order valence-corrected chi connectivity index (χ3v) is 5.01. The smallest absolute Gasteiger partial charge is 0.0170 e. The van der Waals surface area contributed by atoms with Crippen molar-refractivity contribution in [3.05, 3.63) is 0 Å². The highest BCUT2D eigenvalue weighted by molar-refractivity contribution is 5.01. The number of likely N-dealkylation sites (tertiary alicyclic amines) is 1. The SMILES string of the molecule is CCCCN(CC)C1CC(C)(C)N(C)C(C)(C)C1. The van der Waals surface area contributed by atoms with E-state index < -0.39 is 0 Å². The zero-order valence-electron chi connectivity index (χ0n) is 13.7. The Morgan fingerprint density at radius 1 is 1.06 bits per heavy atom. The number of piperidine rings is 1. The molecule has 1 fully saturated rings. The van der Waals surface area contributed by atoms with E-state index in [0.717, 1.165) is 6.04 Å². The summed E-state index contributed by atoms with van der Waals surface area (Å²) in [6, 6.07) is 0.753. The maximum absolute atomic E-state index is 2.71. The molecule has 0 atom stereocenters. The van der Waals surface area contributed by atoms with Gasteiger partial charge in [0.05, 0.1) is 0 Å². The summed E-state index contributed by atoms with van der Waals surface area (Å²) >= 11 is 0. The second-order valence-electron chi connectivity index (χ2n) is 7.23. The van der Waals surface area contributed by atoms with Crippen LogP contribution in [-0.4, -0.2) is 47.1 Å². The van der Waals surface area contributed by atoms with E-state index in [4.69, 9.17) is 0 Å². The van der Waals surface area contributed by atoms with Crippen LogP contribution in [0.3, 0.4) is 0 Å². The number of hydrogen-bond donors (Lipinski definition) is 0. The minimum absolute atomic E-state index is 0.312. The first-order valence-electron chi connectivity index (χ1n) is 7.72. The molecule has 0 aliphatic carbocycles. The Morgan fingerprint density at radius 3 is 1.94 bits per heavy atom. The minimum Gasteiger partial charge on any atom is -0.301 e. The summed E-state index contributed by atoms with van der Waals surface area (Å²) < 4.78 is 0. The van der Waals surface area contributed by atoms with Gasteiger partial charge in [-0.15, -0.1) is 0 Å². The van der Waals surface area contributed by atoms with Crippen molar-refractivity contribution in [3.8, 4) is 0 Å². The number of nitrogens with zero attached hydrogens (tertiary/aromatic N) is 2. The third-order valence-electron chi connectivity index (χ3n) is 5.01. The minimum atomic E-state index is 0.312. The number of unbranched alkanes of at least 4 members (excludes halogenated alkanes) is 1. The molecule has 1 saturated heterocycles.